The Hall–Kier alpha value is -1.03. The van der Waals surface area contributed by atoms with Gasteiger partial charge in [-0.05, 0) is 50.6 Å². The maximum Gasteiger partial charge on any atom is 0.120 e. The predicted molar refractivity (Wildman–Crippen MR) is 82.2 cm³/mol. The third-order valence-corrected chi connectivity index (χ3v) is 4.24. The molecule has 0 aliphatic heterocycles. The molecule has 0 fully saturated rings. The van der Waals surface area contributed by atoms with Crippen molar-refractivity contribution in [1.29, 1.82) is 0 Å². The Balaban J connectivity index is 1.89. The van der Waals surface area contributed by atoms with E-state index in [9.17, 15) is 5.11 Å². The van der Waals surface area contributed by atoms with Crippen LogP contribution >= 0.6 is 22.9 Å². The van der Waals surface area contributed by atoms with Crippen molar-refractivity contribution in [2.75, 3.05) is 0 Å². The molecule has 0 aliphatic rings. The first kappa shape index (κ1) is 14.4. The Morgan fingerprint density at radius 1 is 1.32 bits per heavy atom. The molecule has 4 heteroatoms. The number of halogens is 1. The Morgan fingerprint density at radius 3 is 2.79 bits per heavy atom. The summed E-state index contributed by atoms with van der Waals surface area (Å²) in [4.78, 5) is 2.72. The highest BCUT2D eigenvalue weighted by Gasteiger charge is 2.07. The summed E-state index contributed by atoms with van der Waals surface area (Å²) in [6, 6.07) is 9.80. The van der Waals surface area contributed by atoms with Crippen LogP contribution in [0.1, 0.15) is 22.2 Å². The monoisotopic (exact) mass is 295 g/mol. The van der Waals surface area contributed by atoms with Gasteiger partial charge in [-0.3, -0.25) is 0 Å². The second-order valence-electron chi connectivity index (χ2n) is 4.77. The van der Waals surface area contributed by atoms with Gasteiger partial charge in [-0.2, -0.15) is 0 Å². The van der Waals surface area contributed by atoms with Crippen LogP contribution in [0.25, 0.3) is 0 Å². The standard InChI is InChI=1S/C15H18ClNOS/c1-10(7-14-5-3-11(2)19-14)17-9-12-8-13(16)4-6-15(12)18/h3-6,8,10,17-18H,7,9H2,1-2H3. The summed E-state index contributed by atoms with van der Waals surface area (Å²) in [5, 5.41) is 13.8. The van der Waals surface area contributed by atoms with Gasteiger partial charge in [-0.1, -0.05) is 11.6 Å². The predicted octanol–water partition coefficient (Wildman–Crippen LogP) is 4.14. The molecule has 1 aromatic heterocycles. The van der Waals surface area contributed by atoms with E-state index in [1.54, 1.807) is 18.2 Å². The van der Waals surface area contributed by atoms with Crippen LogP contribution in [-0.2, 0) is 13.0 Å². The van der Waals surface area contributed by atoms with Crippen LogP contribution in [0.2, 0.25) is 5.02 Å². The maximum absolute atomic E-state index is 9.74. The van der Waals surface area contributed by atoms with Gasteiger partial charge in [0.25, 0.3) is 0 Å². The van der Waals surface area contributed by atoms with Gasteiger partial charge in [0.05, 0.1) is 0 Å². The molecule has 2 nitrogen and oxygen atoms in total. The first-order chi connectivity index (χ1) is 9.04. The molecule has 0 spiro atoms. The Labute approximate surface area is 123 Å². The fraction of sp³-hybridized carbons (Fsp3) is 0.333. The van der Waals surface area contributed by atoms with Gasteiger partial charge in [-0.25, -0.2) is 0 Å². The summed E-state index contributed by atoms with van der Waals surface area (Å²) < 4.78 is 0. The number of aryl methyl sites for hydroxylation is 1. The third-order valence-electron chi connectivity index (χ3n) is 2.99. The van der Waals surface area contributed by atoms with Gasteiger partial charge in [-0.15, -0.1) is 11.3 Å². The topological polar surface area (TPSA) is 32.3 Å². The summed E-state index contributed by atoms with van der Waals surface area (Å²) in [6.07, 6.45) is 1.000. The number of aromatic hydroxyl groups is 1. The molecule has 2 N–H and O–H groups in total. The second-order valence-corrected chi connectivity index (χ2v) is 6.58. The largest absolute Gasteiger partial charge is 0.508 e. The van der Waals surface area contributed by atoms with E-state index in [4.69, 9.17) is 11.6 Å². The number of hydrogen-bond acceptors (Lipinski definition) is 3. The maximum atomic E-state index is 9.74. The van der Waals surface area contributed by atoms with Crippen molar-refractivity contribution in [3.8, 4) is 5.75 Å². The highest BCUT2D eigenvalue weighted by molar-refractivity contribution is 7.11. The van der Waals surface area contributed by atoms with Gasteiger partial charge < -0.3 is 10.4 Å². The molecule has 102 valence electrons. The molecular formula is C15H18ClNOS. The molecule has 0 aliphatic carbocycles. The summed E-state index contributed by atoms with van der Waals surface area (Å²) in [5.74, 6) is 0.288. The number of phenols is 1. The van der Waals surface area contributed by atoms with E-state index < -0.39 is 0 Å². The van der Waals surface area contributed by atoms with Gasteiger partial charge >= 0.3 is 0 Å². The molecule has 0 radical (unpaired) electrons. The van der Waals surface area contributed by atoms with Crippen molar-refractivity contribution in [3.05, 3.63) is 50.7 Å². The summed E-state index contributed by atoms with van der Waals surface area (Å²) in [7, 11) is 0. The van der Waals surface area contributed by atoms with E-state index in [0.717, 1.165) is 12.0 Å². The molecule has 1 aromatic carbocycles. The van der Waals surface area contributed by atoms with Crippen molar-refractivity contribution in [1.82, 2.24) is 5.32 Å². The average molecular weight is 296 g/mol. The molecule has 0 amide bonds. The zero-order valence-electron chi connectivity index (χ0n) is 11.1. The van der Waals surface area contributed by atoms with Crippen molar-refractivity contribution >= 4 is 22.9 Å². The van der Waals surface area contributed by atoms with Crippen LogP contribution in [0.15, 0.2) is 30.3 Å². The lowest BCUT2D eigenvalue weighted by atomic mass is 10.1. The van der Waals surface area contributed by atoms with E-state index in [1.807, 2.05) is 11.3 Å². The van der Waals surface area contributed by atoms with Crippen LogP contribution < -0.4 is 5.32 Å². The van der Waals surface area contributed by atoms with Crippen LogP contribution in [0.5, 0.6) is 5.75 Å². The lowest BCUT2D eigenvalue weighted by molar-refractivity contribution is 0.459. The third kappa shape index (κ3) is 4.23. The van der Waals surface area contributed by atoms with Gasteiger partial charge in [0, 0.05) is 32.9 Å². The number of nitrogens with one attached hydrogen (secondary N) is 1. The van der Waals surface area contributed by atoms with E-state index >= 15 is 0 Å². The van der Waals surface area contributed by atoms with E-state index in [2.05, 4.69) is 31.3 Å². The Bertz CT molecular complexity index is 553. The molecule has 2 rings (SSSR count). The van der Waals surface area contributed by atoms with Gasteiger partial charge in [0.2, 0.25) is 0 Å². The van der Waals surface area contributed by atoms with Crippen LogP contribution in [0, 0.1) is 6.92 Å². The molecule has 2 aromatic rings. The number of phenolic OH excluding ortho intramolecular Hbond substituents is 1. The second kappa shape index (κ2) is 6.42. The molecule has 19 heavy (non-hydrogen) atoms. The molecule has 1 heterocycles. The van der Waals surface area contributed by atoms with Gasteiger partial charge in [0.15, 0.2) is 0 Å². The van der Waals surface area contributed by atoms with Crippen molar-refractivity contribution in [2.45, 2.75) is 32.9 Å². The minimum absolute atomic E-state index is 0.288. The molecule has 1 atom stereocenters. The van der Waals surface area contributed by atoms with Crippen molar-refractivity contribution in [3.63, 3.8) is 0 Å². The zero-order chi connectivity index (χ0) is 13.8. The first-order valence-corrected chi connectivity index (χ1v) is 7.50. The van der Waals surface area contributed by atoms with Crippen LogP contribution in [0.3, 0.4) is 0 Å². The number of benzene rings is 1. The van der Waals surface area contributed by atoms with E-state index in [0.29, 0.717) is 17.6 Å². The van der Waals surface area contributed by atoms with Crippen LogP contribution in [0.4, 0.5) is 0 Å². The van der Waals surface area contributed by atoms with Crippen LogP contribution in [-0.4, -0.2) is 11.1 Å². The molecular weight excluding hydrogens is 278 g/mol. The van der Waals surface area contributed by atoms with Gasteiger partial charge in [0.1, 0.15) is 5.75 Å². The average Bonchev–Trinajstić information content (AvgIpc) is 2.76. The number of hydrogen-bond donors (Lipinski definition) is 2. The lowest BCUT2D eigenvalue weighted by Crippen LogP contribution is -2.27. The fourth-order valence-corrected chi connectivity index (χ4v) is 3.16. The smallest absolute Gasteiger partial charge is 0.120 e. The SMILES string of the molecule is Cc1ccc(CC(C)NCc2cc(Cl)ccc2O)s1. The lowest BCUT2D eigenvalue weighted by Gasteiger charge is -2.13. The fourth-order valence-electron chi connectivity index (χ4n) is 1.95. The number of rotatable bonds is 5. The van der Waals surface area contributed by atoms with Crippen molar-refractivity contribution < 1.29 is 5.11 Å². The zero-order valence-corrected chi connectivity index (χ0v) is 12.7. The quantitative estimate of drug-likeness (QED) is 0.869. The van der Waals surface area contributed by atoms with Crippen molar-refractivity contribution in [2.24, 2.45) is 0 Å². The van der Waals surface area contributed by atoms with E-state index in [1.165, 1.54) is 9.75 Å². The molecule has 0 saturated heterocycles. The Morgan fingerprint density at radius 2 is 2.11 bits per heavy atom. The molecule has 1 unspecified atom stereocenters. The minimum Gasteiger partial charge on any atom is -0.508 e. The molecule has 0 saturated carbocycles. The first-order valence-electron chi connectivity index (χ1n) is 6.30. The summed E-state index contributed by atoms with van der Waals surface area (Å²) in [6.45, 7) is 4.89. The minimum atomic E-state index is 0.288. The summed E-state index contributed by atoms with van der Waals surface area (Å²) in [5.41, 5.74) is 0.835. The van der Waals surface area contributed by atoms with E-state index in [-0.39, 0.29) is 5.75 Å². The molecule has 0 bridgehead atoms. The normalized spacial score (nSPS) is 12.6. The number of thiophene rings is 1. The highest BCUT2D eigenvalue weighted by atomic mass is 35.5. The highest BCUT2D eigenvalue weighted by Crippen LogP contribution is 2.22. The summed E-state index contributed by atoms with van der Waals surface area (Å²) >= 11 is 7.76. The Kier molecular flexibility index (Phi) is 4.86.